The van der Waals surface area contributed by atoms with Gasteiger partial charge in [-0.1, -0.05) is 36.2 Å². The summed E-state index contributed by atoms with van der Waals surface area (Å²) in [6.07, 6.45) is 1.74. The van der Waals surface area contributed by atoms with Crippen molar-refractivity contribution in [3.8, 4) is 5.75 Å². The topological polar surface area (TPSA) is 84.0 Å². The minimum absolute atomic E-state index is 0.116. The van der Waals surface area contributed by atoms with Crippen LogP contribution in [0.2, 0.25) is 5.02 Å². The number of anilines is 1. The van der Waals surface area contributed by atoms with Gasteiger partial charge in [0.25, 0.3) is 5.91 Å². The van der Waals surface area contributed by atoms with Gasteiger partial charge in [0.15, 0.2) is 12.4 Å². The number of ether oxygens (including phenoxy) is 1. The summed E-state index contributed by atoms with van der Waals surface area (Å²) in [5, 5.41) is 10.4. The Morgan fingerprint density at radius 1 is 1.27 bits per heavy atom. The average Bonchev–Trinajstić information content (AvgIpc) is 3.07. The molecule has 0 spiro atoms. The van der Waals surface area contributed by atoms with E-state index in [-0.39, 0.29) is 12.5 Å². The van der Waals surface area contributed by atoms with Crippen LogP contribution in [-0.4, -0.2) is 27.4 Å². The third-order valence-corrected chi connectivity index (χ3v) is 4.87. The maximum absolute atomic E-state index is 12.2. The number of hydrogen-bond acceptors (Lipinski definition) is 5. The summed E-state index contributed by atoms with van der Waals surface area (Å²) >= 11 is 11.5. The van der Waals surface area contributed by atoms with Gasteiger partial charge < -0.3 is 15.5 Å². The third kappa shape index (κ3) is 5.84. The zero-order valence-electron chi connectivity index (χ0n) is 16.9. The van der Waals surface area contributed by atoms with Crippen LogP contribution >= 0.6 is 23.8 Å². The summed E-state index contributed by atoms with van der Waals surface area (Å²) in [6.45, 7) is 4.36. The van der Waals surface area contributed by atoms with E-state index < -0.39 is 0 Å². The standard InChI is InChI=1S/C21H24ClN5O2S/c1-3-4-19-25-26-21(30)27(19)23-12-15-11-16(22)7-10-18(15)29-13-20(28)24-17-8-5-14(2)6-9-17/h5-11,23H,3-4,12-13H2,1-2H3,(H,24,28)(H,26,30). The van der Waals surface area contributed by atoms with Crippen LogP contribution in [0.5, 0.6) is 5.75 Å². The fourth-order valence-corrected chi connectivity index (χ4v) is 3.26. The van der Waals surface area contributed by atoms with E-state index in [0.29, 0.717) is 22.1 Å². The number of amides is 1. The molecule has 0 bridgehead atoms. The first kappa shape index (κ1) is 21.9. The second-order valence-electron chi connectivity index (χ2n) is 6.82. The Bertz CT molecular complexity index is 1060. The van der Waals surface area contributed by atoms with E-state index in [1.54, 1.807) is 22.9 Å². The predicted molar refractivity (Wildman–Crippen MR) is 121 cm³/mol. The molecule has 158 valence electrons. The molecule has 0 fully saturated rings. The molecule has 0 aliphatic carbocycles. The average molecular weight is 446 g/mol. The number of benzene rings is 2. The molecule has 2 aromatic carbocycles. The Labute approximate surface area is 185 Å². The number of halogens is 1. The molecule has 3 rings (SSSR count). The van der Waals surface area contributed by atoms with Gasteiger partial charge in [0, 0.05) is 22.7 Å². The smallest absolute Gasteiger partial charge is 0.262 e. The Balaban J connectivity index is 1.65. The molecule has 0 aliphatic rings. The minimum Gasteiger partial charge on any atom is -0.483 e. The molecule has 3 aromatic rings. The largest absolute Gasteiger partial charge is 0.483 e. The van der Waals surface area contributed by atoms with Gasteiger partial charge in [0.2, 0.25) is 4.77 Å². The predicted octanol–water partition coefficient (Wildman–Crippen LogP) is 4.62. The Morgan fingerprint density at radius 2 is 2.03 bits per heavy atom. The summed E-state index contributed by atoms with van der Waals surface area (Å²) in [7, 11) is 0. The number of hydrogen-bond donors (Lipinski definition) is 3. The maximum Gasteiger partial charge on any atom is 0.262 e. The van der Waals surface area contributed by atoms with Gasteiger partial charge in [0.1, 0.15) is 5.75 Å². The normalized spacial score (nSPS) is 10.6. The lowest BCUT2D eigenvalue weighted by molar-refractivity contribution is -0.118. The summed E-state index contributed by atoms with van der Waals surface area (Å²) in [4.78, 5) is 12.2. The zero-order valence-corrected chi connectivity index (χ0v) is 18.4. The van der Waals surface area contributed by atoms with Crippen molar-refractivity contribution in [1.29, 1.82) is 0 Å². The molecule has 1 aromatic heterocycles. The van der Waals surface area contributed by atoms with Gasteiger partial charge in [0.05, 0.1) is 6.54 Å². The number of H-pyrrole nitrogens is 1. The second-order valence-corrected chi connectivity index (χ2v) is 7.64. The fraction of sp³-hybridized carbons (Fsp3) is 0.286. The van der Waals surface area contributed by atoms with Crippen molar-refractivity contribution in [2.75, 3.05) is 17.3 Å². The van der Waals surface area contributed by atoms with E-state index in [0.717, 1.165) is 35.5 Å². The number of aromatic amines is 1. The highest BCUT2D eigenvalue weighted by molar-refractivity contribution is 7.71. The van der Waals surface area contributed by atoms with Crippen molar-refractivity contribution in [3.05, 3.63) is 69.2 Å². The van der Waals surface area contributed by atoms with Gasteiger partial charge in [-0.2, -0.15) is 5.10 Å². The second kappa shape index (κ2) is 10.3. The van der Waals surface area contributed by atoms with E-state index in [9.17, 15) is 4.79 Å². The van der Waals surface area contributed by atoms with Crippen molar-refractivity contribution < 1.29 is 9.53 Å². The van der Waals surface area contributed by atoms with Gasteiger partial charge in [-0.15, -0.1) is 0 Å². The maximum atomic E-state index is 12.2. The van der Waals surface area contributed by atoms with Crippen LogP contribution in [-0.2, 0) is 17.8 Å². The van der Waals surface area contributed by atoms with E-state index in [4.69, 9.17) is 28.6 Å². The van der Waals surface area contributed by atoms with Crippen molar-refractivity contribution in [3.63, 3.8) is 0 Å². The van der Waals surface area contributed by atoms with Crippen molar-refractivity contribution in [2.45, 2.75) is 33.2 Å². The van der Waals surface area contributed by atoms with Gasteiger partial charge in [-0.25, -0.2) is 4.68 Å². The van der Waals surface area contributed by atoms with Crippen molar-refractivity contribution >= 4 is 35.4 Å². The lowest BCUT2D eigenvalue weighted by Gasteiger charge is -2.14. The molecule has 1 amide bonds. The first-order chi connectivity index (χ1) is 14.5. The lowest BCUT2D eigenvalue weighted by atomic mass is 10.2. The number of rotatable bonds is 9. The van der Waals surface area contributed by atoms with Crippen LogP contribution in [0.1, 0.15) is 30.3 Å². The number of aromatic nitrogens is 3. The lowest BCUT2D eigenvalue weighted by Crippen LogP contribution is -2.21. The van der Waals surface area contributed by atoms with E-state index in [1.165, 1.54) is 0 Å². The summed E-state index contributed by atoms with van der Waals surface area (Å²) in [5.41, 5.74) is 5.90. The van der Waals surface area contributed by atoms with Crippen molar-refractivity contribution in [2.24, 2.45) is 0 Å². The van der Waals surface area contributed by atoms with Crippen LogP contribution in [0.25, 0.3) is 0 Å². The Morgan fingerprint density at radius 3 is 2.77 bits per heavy atom. The summed E-state index contributed by atoms with van der Waals surface area (Å²) < 4.78 is 7.99. The van der Waals surface area contributed by atoms with Crippen molar-refractivity contribution in [1.82, 2.24) is 14.9 Å². The molecule has 3 N–H and O–H groups in total. The van der Waals surface area contributed by atoms with E-state index in [1.807, 2.05) is 31.2 Å². The van der Waals surface area contributed by atoms with Crippen LogP contribution in [0.15, 0.2) is 42.5 Å². The molecule has 30 heavy (non-hydrogen) atoms. The Kier molecular flexibility index (Phi) is 7.48. The summed E-state index contributed by atoms with van der Waals surface area (Å²) in [6, 6.07) is 12.9. The van der Waals surface area contributed by atoms with Crippen LogP contribution in [0.3, 0.4) is 0 Å². The number of aryl methyl sites for hydroxylation is 2. The first-order valence-corrected chi connectivity index (χ1v) is 10.4. The first-order valence-electron chi connectivity index (χ1n) is 9.64. The minimum atomic E-state index is -0.241. The van der Waals surface area contributed by atoms with Gasteiger partial charge >= 0.3 is 0 Å². The molecule has 7 nitrogen and oxygen atoms in total. The number of nitrogens with one attached hydrogen (secondary N) is 3. The number of carbonyl (C=O) groups is 1. The fourth-order valence-electron chi connectivity index (χ4n) is 2.85. The third-order valence-electron chi connectivity index (χ3n) is 4.36. The quantitative estimate of drug-likeness (QED) is 0.418. The van der Waals surface area contributed by atoms with E-state index in [2.05, 4.69) is 27.9 Å². The Hall–Kier alpha value is -2.84. The highest BCUT2D eigenvalue weighted by atomic mass is 35.5. The molecule has 0 saturated carbocycles. The SMILES string of the molecule is CCCc1n[nH]c(=S)n1NCc1cc(Cl)ccc1OCC(=O)Nc1ccc(C)cc1. The highest BCUT2D eigenvalue weighted by Gasteiger charge is 2.10. The zero-order chi connectivity index (χ0) is 21.5. The monoisotopic (exact) mass is 445 g/mol. The molecule has 0 radical (unpaired) electrons. The van der Waals surface area contributed by atoms with Crippen LogP contribution in [0.4, 0.5) is 5.69 Å². The van der Waals surface area contributed by atoms with E-state index >= 15 is 0 Å². The molecule has 0 unspecified atom stereocenters. The van der Waals surface area contributed by atoms with Gasteiger partial charge in [-0.3, -0.25) is 9.89 Å². The molecular formula is C21H24ClN5O2S. The number of carbonyl (C=O) groups excluding carboxylic acids is 1. The van der Waals surface area contributed by atoms with Crippen LogP contribution < -0.4 is 15.5 Å². The van der Waals surface area contributed by atoms with Gasteiger partial charge in [-0.05, 0) is 55.9 Å². The molecule has 9 heteroatoms. The molecular weight excluding hydrogens is 422 g/mol. The molecule has 0 atom stereocenters. The summed E-state index contributed by atoms with van der Waals surface area (Å²) in [5.74, 6) is 1.15. The highest BCUT2D eigenvalue weighted by Crippen LogP contribution is 2.23. The molecule has 0 aliphatic heterocycles. The number of nitrogens with zero attached hydrogens (tertiary/aromatic N) is 2. The van der Waals surface area contributed by atoms with Crippen LogP contribution in [0, 0.1) is 11.7 Å². The molecule has 0 saturated heterocycles. The molecule has 1 heterocycles.